The average Bonchev–Trinajstić information content (AvgIpc) is 2.88. The maximum atomic E-state index is 13.4. The largest absolute Gasteiger partial charge is 0.319 e. The smallest absolute Gasteiger partial charge is 0.268 e. The number of nitrogens with zero attached hydrogens (tertiary/aromatic N) is 3. The van der Waals surface area contributed by atoms with Crippen LogP contribution in [0.3, 0.4) is 0 Å². The summed E-state index contributed by atoms with van der Waals surface area (Å²) in [5.41, 5.74) is 0. The molecule has 2 fully saturated rings. The van der Waals surface area contributed by atoms with E-state index in [4.69, 9.17) is 5.26 Å². The van der Waals surface area contributed by atoms with E-state index in [9.17, 15) is 22.0 Å². The van der Waals surface area contributed by atoms with Crippen LogP contribution in [0.25, 0.3) is 0 Å². The monoisotopic (exact) mass is 414 g/mol. The van der Waals surface area contributed by atoms with E-state index < -0.39 is 46.1 Å². The second-order valence-corrected chi connectivity index (χ2v) is 9.36. The van der Waals surface area contributed by atoms with Crippen molar-refractivity contribution in [3.63, 3.8) is 0 Å². The van der Waals surface area contributed by atoms with Gasteiger partial charge in [0, 0.05) is 25.6 Å². The lowest BCUT2D eigenvalue weighted by atomic mass is 10.1. The maximum absolute atomic E-state index is 13.4. The van der Waals surface area contributed by atoms with Gasteiger partial charge in [-0.25, -0.2) is 21.5 Å². The number of alkyl halides is 2. The van der Waals surface area contributed by atoms with E-state index in [0.717, 1.165) is 4.90 Å². The molecule has 1 atom stereocenters. The molecule has 11 heteroatoms. The molecule has 0 unspecified atom stereocenters. The van der Waals surface area contributed by atoms with Crippen LogP contribution in [-0.2, 0) is 14.8 Å². The van der Waals surface area contributed by atoms with Crippen LogP contribution in [0.4, 0.5) is 8.78 Å². The Hall–Kier alpha value is -1.02. The summed E-state index contributed by atoms with van der Waals surface area (Å²) < 4.78 is 52.4. The van der Waals surface area contributed by atoms with Crippen LogP contribution in [0, 0.1) is 11.3 Å². The fourth-order valence-corrected chi connectivity index (χ4v) is 4.46. The average molecular weight is 415 g/mol. The summed E-state index contributed by atoms with van der Waals surface area (Å²) in [5, 5.41) is 11.5. The third-order valence-electron chi connectivity index (χ3n) is 4.69. The molecule has 0 aliphatic carbocycles. The minimum atomic E-state index is -3.28. The van der Waals surface area contributed by atoms with Gasteiger partial charge in [0.15, 0.2) is 0 Å². The number of likely N-dealkylation sites (tertiary alicyclic amines) is 1. The molecule has 0 aromatic heterocycles. The normalized spacial score (nSPS) is 24.3. The van der Waals surface area contributed by atoms with Crippen LogP contribution in [0.2, 0.25) is 0 Å². The number of carbonyl (C=O) groups is 1. The number of hydrogen-bond acceptors (Lipinski definition) is 5. The van der Waals surface area contributed by atoms with Crippen LogP contribution in [0.15, 0.2) is 0 Å². The van der Waals surface area contributed by atoms with Crippen LogP contribution in [0.5, 0.6) is 0 Å². The zero-order valence-corrected chi connectivity index (χ0v) is 16.5. The van der Waals surface area contributed by atoms with Crippen molar-refractivity contribution in [2.24, 2.45) is 0 Å². The standard InChI is InChI=1S/C15H24F2N4O3S.ClH/c1-11(2)25(23,24)20-5-3-12(4-6-20)19-9-14(22)21-10-15(16,17)7-13(21)8-18;/h11-13,19H,3-7,9-10H2,1-2H3;1H/t13-;/m0./s1. The van der Waals surface area contributed by atoms with Crippen molar-refractivity contribution in [3.8, 4) is 6.07 Å². The predicted octanol–water partition coefficient (Wildman–Crippen LogP) is 0.960. The molecule has 0 aromatic carbocycles. The number of amides is 1. The molecule has 0 saturated carbocycles. The Morgan fingerprint density at radius 3 is 2.42 bits per heavy atom. The van der Waals surface area contributed by atoms with Crippen LogP contribution in [0.1, 0.15) is 33.1 Å². The molecular weight excluding hydrogens is 390 g/mol. The molecule has 0 spiro atoms. The van der Waals surface area contributed by atoms with Gasteiger partial charge >= 0.3 is 0 Å². The quantitative estimate of drug-likeness (QED) is 0.723. The van der Waals surface area contributed by atoms with Crippen LogP contribution < -0.4 is 5.32 Å². The summed E-state index contributed by atoms with van der Waals surface area (Å²) in [6.07, 6.45) is 0.481. The minimum absolute atomic E-state index is 0. The third-order valence-corrected chi connectivity index (χ3v) is 6.97. The summed E-state index contributed by atoms with van der Waals surface area (Å²) in [5.74, 6) is -3.55. The number of piperidine rings is 1. The highest BCUT2D eigenvalue weighted by molar-refractivity contribution is 7.89. The van der Waals surface area contributed by atoms with Gasteiger partial charge in [0.25, 0.3) is 5.92 Å². The Bertz CT molecular complexity index is 646. The number of hydrogen-bond donors (Lipinski definition) is 1. The highest BCUT2D eigenvalue weighted by Gasteiger charge is 2.47. The Morgan fingerprint density at radius 1 is 1.35 bits per heavy atom. The van der Waals surface area contributed by atoms with Crippen molar-refractivity contribution in [2.45, 2.75) is 56.4 Å². The van der Waals surface area contributed by atoms with Gasteiger partial charge in [-0.05, 0) is 26.7 Å². The number of halogens is 3. The van der Waals surface area contributed by atoms with Gasteiger partial charge in [0.1, 0.15) is 6.04 Å². The minimum Gasteiger partial charge on any atom is -0.319 e. The van der Waals surface area contributed by atoms with Crippen molar-refractivity contribution in [3.05, 3.63) is 0 Å². The van der Waals surface area contributed by atoms with E-state index in [1.54, 1.807) is 19.9 Å². The van der Waals surface area contributed by atoms with E-state index >= 15 is 0 Å². The lowest BCUT2D eigenvalue weighted by Crippen LogP contribution is -2.49. The maximum Gasteiger partial charge on any atom is 0.268 e. The number of rotatable bonds is 5. The predicted molar refractivity (Wildman–Crippen MR) is 94.6 cm³/mol. The zero-order chi connectivity index (χ0) is 18.8. The van der Waals surface area contributed by atoms with Crippen molar-refractivity contribution in [1.82, 2.24) is 14.5 Å². The van der Waals surface area contributed by atoms with Crippen molar-refractivity contribution in [1.29, 1.82) is 5.26 Å². The van der Waals surface area contributed by atoms with Gasteiger partial charge in [-0.3, -0.25) is 4.79 Å². The molecule has 150 valence electrons. The van der Waals surface area contributed by atoms with Gasteiger partial charge in [-0.2, -0.15) is 5.26 Å². The van der Waals surface area contributed by atoms with Gasteiger partial charge in [-0.15, -0.1) is 12.4 Å². The second kappa shape index (κ2) is 8.78. The summed E-state index contributed by atoms with van der Waals surface area (Å²) >= 11 is 0. The van der Waals surface area contributed by atoms with Gasteiger partial charge in [-0.1, -0.05) is 0 Å². The summed E-state index contributed by atoms with van der Waals surface area (Å²) in [6.45, 7) is 3.15. The van der Waals surface area contributed by atoms with Crippen molar-refractivity contribution in [2.75, 3.05) is 26.2 Å². The van der Waals surface area contributed by atoms with Gasteiger partial charge in [0.05, 0.1) is 24.4 Å². The number of nitriles is 1. The van der Waals surface area contributed by atoms with Crippen LogP contribution >= 0.6 is 12.4 Å². The van der Waals surface area contributed by atoms with Crippen molar-refractivity contribution >= 4 is 28.3 Å². The summed E-state index contributed by atoms with van der Waals surface area (Å²) in [7, 11) is -3.28. The molecule has 1 amide bonds. The van der Waals surface area contributed by atoms with E-state index in [-0.39, 0.29) is 25.0 Å². The molecule has 2 saturated heterocycles. The molecule has 0 aromatic rings. The molecule has 0 radical (unpaired) electrons. The van der Waals surface area contributed by atoms with E-state index in [0.29, 0.717) is 25.9 Å². The summed E-state index contributed by atoms with van der Waals surface area (Å²) in [6, 6.07) is 0.601. The van der Waals surface area contributed by atoms with E-state index in [1.165, 1.54) is 4.31 Å². The molecule has 2 heterocycles. The molecule has 2 rings (SSSR count). The molecule has 1 N–H and O–H groups in total. The summed E-state index contributed by atoms with van der Waals surface area (Å²) in [4.78, 5) is 13.1. The Balaban J connectivity index is 0.00000338. The number of carbonyl (C=O) groups excluding carboxylic acids is 1. The zero-order valence-electron chi connectivity index (χ0n) is 14.8. The first-order valence-electron chi connectivity index (χ1n) is 8.36. The lowest BCUT2D eigenvalue weighted by molar-refractivity contribution is -0.131. The molecule has 7 nitrogen and oxygen atoms in total. The first-order chi connectivity index (χ1) is 11.6. The Labute approximate surface area is 159 Å². The Morgan fingerprint density at radius 2 is 1.92 bits per heavy atom. The first kappa shape index (κ1) is 23.0. The molecule has 2 aliphatic heterocycles. The SMILES string of the molecule is CC(C)S(=O)(=O)N1CCC(NCC(=O)N2CC(F)(F)C[C@H]2C#N)CC1.Cl. The molecule has 0 bridgehead atoms. The number of nitrogens with one attached hydrogen (secondary N) is 1. The fourth-order valence-electron chi connectivity index (χ4n) is 3.14. The van der Waals surface area contributed by atoms with E-state index in [1.807, 2.05) is 0 Å². The highest BCUT2D eigenvalue weighted by atomic mass is 35.5. The first-order valence-corrected chi connectivity index (χ1v) is 9.86. The van der Waals surface area contributed by atoms with Crippen LogP contribution in [-0.4, -0.2) is 73.0 Å². The third kappa shape index (κ3) is 5.25. The topological polar surface area (TPSA) is 93.5 Å². The van der Waals surface area contributed by atoms with Crippen molar-refractivity contribution < 1.29 is 22.0 Å². The molecule has 2 aliphatic rings. The Kier molecular flexibility index (Phi) is 7.77. The van der Waals surface area contributed by atoms with Gasteiger partial charge < -0.3 is 10.2 Å². The van der Waals surface area contributed by atoms with Gasteiger partial charge in [0.2, 0.25) is 15.9 Å². The molecule has 26 heavy (non-hydrogen) atoms. The highest BCUT2D eigenvalue weighted by Crippen LogP contribution is 2.31. The second-order valence-electron chi connectivity index (χ2n) is 6.87. The molecular formula is C15H25ClF2N4O3S. The lowest BCUT2D eigenvalue weighted by Gasteiger charge is -2.33. The fraction of sp³-hybridized carbons (Fsp3) is 0.867. The van der Waals surface area contributed by atoms with E-state index in [2.05, 4.69) is 5.32 Å². The number of sulfonamides is 1.